The summed E-state index contributed by atoms with van der Waals surface area (Å²) < 4.78 is 1.98. The monoisotopic (exact) mass is 323 g/mol. The first-order valence-electron chi connectivity index (χ1n) is 8.38. The molecule has 6 nitrogen and oxygen atoms in total. The maximum absolute atomic E-state index is 11.7. The summed E-state index contributed by atoms with van der Waals surface area (Å²) in [5.74, 6) is -1.75. The van der Waals surface area contributed by atoms with E-state index in [0.717, 1.165) is 12.8 Å². The van der Waals surface area contributed by atoms with Gasteiger partial charge in [0.25, 0.3) is 0 Å². The molecule has 6 heteroatoms. The van der Waals surface area contributed by atoms with Crippen molar-refractivity contribution in [3.63, 3.8) is 0 Å². The summed E-state index contributed by atoms with van der Waals surface area (Å²) in [4.78, 5) is 27.2. The number of carbonyl (C=O) groups is 2. The predicted molar refractivity (Wildman–Crippen MR) is 88.7 cm³/mol. The normalized spacial score (nSPS) is 16.5. The minimum Gasteiger partial charge on any atom is -0.481 e. The number of amides is 1. The quantitative estimate of drug-likeness (QED) is 0.654. The van der Waals surface area contributed by atoms with Crippen LogP contribution in [0, 0.1) is 17.8 Å². The summed E-state index contributed by atoms with van der Waals surface area (Å²) in [5, 5.41) is 9.56. The van der Waals surface area contributed by atoms with E-state index in [1.807, 2.05) is 17.7 Å². The number of imidazole rings is 1. The second-order valence-corrected chi connectivity index (χ2v) is 6.43. The van der Waals surface area contributed by atoms with Crippen LogP contribution >= 0.6 is 0 Å². The molecule has 0 aromatic carbocycles. The number of rotatable bonds is 11. The fourth-order valence-corrected chi connectivity index (χ4v) is 2.91. The largest absolute Gasteiger partial charge is 0.481 e. The zero-order valence-electron chi connectivity index (χ0n) is 14.3. The minimum atomic E-state index is -0.862. The molecule has 1 rings (SSSR count). The Kier molecular flexibility index (Phi) is 7.78. The Hall–Kier alpha value is -1.85. The number of hydrogen-bond acceptors (Lipinski definition) is 3. The van der Waals surface area contributed by atoms with E-state index in [-0.39, 0.29) is 12.0 Å². The number of primary amides is 1. The van der Waals surface area contributed by atoms with Crippen LogP contribution in [0.25, 0.3) is 0 Å². The van der Waals surface area contributed by atoms with Crippen molar-refractivity contribution in [2.45, 2.75) is 58.9 Å². The highest BCUT2D eigenvalue weighted by Crippen LogP contribution is 2.30. The van der Waals surface area contributed by atoms with E-state index in [2.05, 4.69) is 18.8 Å². The van der Waals surface area contributed by atoms with E-state index >= 15 is 0 Å². The summed E-state index contributed by atoms with van der Waals surface area (Å²) in [6, 6.07) is 0.0685. The molecule has 23 heavy (non-hydrogen) atoms. The number of aliphatic carboxylic acids is 1. The third kappa shape index (κ3) is 6.04. The van der Waals surface area contributed by atoms with E-state index in [1.165, 1.54) is 0 Å². The molecule has 0 aliphatic rings. The second-order valence-electron chi connectivity index (χ2n) is 6.43. The molecular weight excluding hydrogens is 294 g/mol. The third-order valence-electron chi connectivity index (χ3n) is 4.69. The van der Waals surface area contributed by atoms with Gasteiger partial charge in [-0.25, -0.2) is 4.98 Å². The molecule has 0 radical (unpaired) electrons. The first-order chi connectivity index (χ1) is 10.9. The van der Waals surface area contributed by atoms with Crippen molar-refractivity contribution in [2.75, 3.05) is 0 Å². The molecule has 0 spiro atoms. The molecule has 4 atom stereocenters. The molecule has 0 aliphatic heterocycles. The van der Waals surface area contributed by atoms with Crippen LogP contribution in [0.1, 0.15) is 58.9 Å². The standard InChI is InChI=1S/C17H29N3O3/c1-4-12(3)8-15(20-7-6-19-11-20)10-14(17(22)23)9-13(5-2)16(18)21/h6-7,11-15H,4-5,8-10H2,1-3H3,(H2,18,21)(H,22,23). The zero-order chi connectivity index (χ0) is 17.4. The maximum atomic E-state index is 11.7. The molecule has 0 fully saturated rings. The smallest absolute Gasteiger partial charge is 0.306 e. The van der Waals surface area contributed by atoms with Gasteiger partial charge in [-0.15, -0.1) is 0 Å². The van der Waals surface area contributed by atoms with Crippen molar-refractivity contribution in [3.05, 3.63) is 18.7 Å². The van der Waals surface area contributed by atoms with E-state index in [0.29, 0.717) is 25.2 Å². The Morgan fingerprint density at radius 1 is 1.17 bits per heavy atom. The lowest BCUT2D eigenvalue weighted by atomic mass is 9.85. The molecule has 3 N–H and O–H groups in total. The second kappa shape index (κ2) is 9.33. The topological polar surface area (TPSA) is 98.2 Å². The minimum absolute atomic E-state index is 0.0685. The van der Waals surface area contributed by atoms with E-state index in [9.17, 15) is 14.7 Å². The number of nitrogens with two attached hydrogens (primary N) is 1. The number of hydrogen-bond donors (Lipinski definition) is 2. The van der Waals surface area contributed by atoms with Gasteiger partial charge in [-0.2, -0.15) is 0 Å². The van der Waals surface area contributed by atoms with Crippen LogP contribution in [0.15, 0.2) is 18.7 Å². The summed E-state index contributed by atoms with van der Waals surface area (Å²) in [5.41, 5.74) is 5.38. The molecule has 0 bridgehead atoms. The molecule has 0 saturated heterocycles. The third-order valence-corrected chi connectivity index (χ3v) is 4.69. The highest BCUT2D eigenvalue weighted by molar-refractivity contribution is 5.78. The predicted octanol–water partition coefficient (Wildman–Crippen LogP) is 2.85. The van der Waals surface area contributed by atoms with Crippen LogP contribution in [0.3, 0.4) is 0 Å². The molecule has 1 aromatic rings. The Labute approximate surface area is 138 Å². The molecule has 4 unspecified atom stereocenters. The van der Waals surface area contributed by atoms with Crippen molar-refractivity contribution in [1.82, 2.24) is 9.55 Å². The summed E-state index contributed by atoms with van der Waals surface area (Å²) >= 11 is 0. The molecule has 130 valence electrons. The van der Waals surface area contributed by atoms with Gasteiger partial charge < -0.3 is 15.4 Å². The Morgan fingerprint density at radius 2 is 1.87 bits per heavy atom. The first-order valence-corrected chi connectivity index (χ1v) is 8.38. The first kappa shape index (κ1) is 19.2. The Morgan fingerprint density at radius 3 is 2.30 bits per heavy atom. The van der Waals surface area contributed by atoms with Crippen LogP contribution in [-0.2, 0) is 9.59 Å². The van der Waals surface area contributed by atoms with Crippen LogP contribution in [0.4, 0.5) is 0 Å². The van der Waals surface area contributed by atoms with Gasteiger partial charge in [0, 0.05) is 24.4 Å². The lowest BCUT2D eigenvalue weighted by Gasteiger charge is -2.26. The summed E-state index contributed by atoms with van der Waals surface area (Å²) in [6.07, 6.45) is 8.60. The van der Waals surface area contributed by atoms with Crippen LogP contribution in [0.5, 0.6) is 0 Å². The van der Waals surface area contributed by atoms with Crippen molar-refractivity contribution < 1.29 is 14.7 Å². The van der Waals surface area contributed by atoms with E-state index in [1.54, 1.807) is 12.5 Å². The van der Waals surface area contributed by atoms with Gasteiger partial charge in [-0.1, -0.05) is 27.2 Å². The number of carbonyl (C=O) groups excluding carboxylic acids is 1. The van der Waals surface area contributed by atoms with Gasteiger partial charge in [0.2, 0.25) is 5.91 Å². The SMILES string of the molecule is CCC(C)CC(CC(CC(CC)C(N)=O)C(=O)O)n1ccnc1. The van der Waals surface area contributed by atoms with Crippen LogP contribution in [-0.4, -0.2) is 26.5 Å². The average molecular weight is 323 g/mol. The van der Waals surface area contributed by atoms with Gasteiger partial charge in [-0.05, 0) is 31.6 Å². The van der Waals surface area contributed by atoms with Crippen molar-refractivity contribution >= 4 is 11.9 Å². The fourth-order valence-electron chi connectivity index (χ4n) is 2.91. The van der Waals surface area contributed by atoms with Crippen molar-refractivity contribution in [3.8, 4) is 0 Å². The van der Waals surface area contributed by atoms with Gasteiger partial charge in [0.15, 0.2) is 0 Å². The lowest BCUT2D eigenvalue weighted by Crippen LogP contribution is -2.29. The lowest BCUT2D eigenvalue weighted by molar-refractivity contribution is -0.143. The zero-order valence-corrected chi connectivity index (χ0v) is 14.3. The molecule has 1 aromatic heterocycles. The van der Waals surface area contributed by atoms with Crippen LogP contribution in [0.2, 0.25) is 0 Å². The molecule has 0 aliphatic carbocycles. The molecule has 0 saturated carbocycles. The fraction of sp³-hybridized carbons (Fsp3) is 0.706. The Bertz CT molecular complexity index is 487. The summed E-state index contributed by atoms with van der Waals surface area (Å²) in [7, 11) is 0. The van der Waals surface area contributed by atoms with Crippen molar-refractivity contribution in [1.29, 1.82) is 0 Å². The highest BCUT2D eigenvalue weighted by atomic mass is 16.4. The van der Waals surface area contributed by atoms with E-state index < -0.39 is 17.8 Å². The number of carboxylic acid groups (broad SMARTS) is 1. The average Bonchev–Trinajstić information content (AvgIpc) is 3.03. The molecule has 1 heterocycles. The van der Waals surface area contributed by atoms with Gasteiger partial charge >= 0.3 is 5.97 Å². The van der Waals surface area contributed by atoms with Gasteiger partial charge in [0.05, 0.1) is 12.2 Å². The highest BCUT2D eigenvalue weighted by Gasteiger charge is 2.28. The number of carboxylic acids is 1. The van der Waals surface area contributed by atoms with Gasteiger partial charge in [-0.3, -0.25) is 9.59 Å². The van der Waals surface area contributed by atoms with E-state index in [4.69, 9.17) is 5.73 Å². The Balaban J connectivity index is 2.87. The number of nitrogens with zero attached hydrogens (tertiary/aromatic N) is 2. The molecular formula is C17H29N3O3. The van der Waals surface area contributed by atoms with Crippen LogP contribution < -0.4 is 5.73 Å². The summed E-state index contributed by atoms with van der Waals surface area (Å²) in [6.45, 7) is 6.16. The number of aromatic nitrogens is 2. The van der Waals surface area contributed by atoms with Crippen molar-refractivity contribution in [2.24, 2.45) is 23.5 Å². The van der Waals surface area contributed by atoms with Gasteiger partial charge in [0.1, 0.15) is 0 Å². The maximum Gasteiger partial charge on any atom is 0.306 e. The molecule has 1 amide bonds.